The predicted octanol–water partition coefficient (Wildman–Crippen LogP) is 1.77. The van der Waals surface area contributed by atoms with Crippen molar-refractivity contribution in [2.75, 3.05) is 0 Å². The zero-order valence-electron chi connectivity index (χ0n) is 16.9. The second-order valence-corrected chi connectivity index (χ2v) is 8.50. The lowest BCUT2D eigenvalue weighted by Crippen LogP contribution is -2.56. The Labute approximate surface area is 171 Å². The summed E-state index contributed by atoms with van der Waals surface area (Å²) in [7, 11) is 0. The first-order valence-electron chi connectivity index (χ1n) is 11.0. The van der Waals surface area contributed by atoms with Crippen LogP contribution < -0.4 is 10.7 Å². The van der Waals surface area contributed by atoms with E-state index in [0.717, 1.165) is 70.6 Å². The highest BCUT2D eigenvalue weighted by Crippen LogP contribution is 2.28. The average Bonchev–Trinajstić information content (AvgIpc) is 2.94. The summed E-state index contributed by atoms with van der Waals surface area (Å²) in [5.41, 5.74) is 2.16. The lowest BCUT2D eigenvalue weighted by Gasteiger charge is -2.31. The number of hydrazine groups is 1. The summed E-state index contributed by atoms with van der Waals surface area (Å²) in [5, 5.41) is 3.50. The number of nitrogens with one attached hydrogen (secondary N) is 2. The van der Waals surface area contributed by atoms with Crippen molar-refractivity contribution in [3.05, 3.63) is 0 Å². The molecule has 160 valence electrons. The Kier molecular flexibility index (Phi) is 7.39. The average molecular weight is 405 g/mol. The molecular weight excluding hydrogens is 374 g/mol. The van der Waals surface area contributed by atoms with Crippen LogP contribution in [0.3, 0.4) is 0 Å². The van der Waals surface area contributed by atoms with E-state index in [9.17, 15) is 24.0 Å². The number of carbonyl (C=O) groups is 5. The minimum absolute atomic E-state index is 0.0256. The summed E-state index contributed by atoms with van der Waals surface area (Å²) in [6.07, 6.45) is 10.4. The van der Waals surface area contributed by atoms with Crippen molar-refractivity contribution in [3.63, 3.8) is 0 Å². The van der Waals surface area contributed by atoms with Crippen LogP contribution in [-0.2, 0) is 24.0 Å². The van der Waals surface area contributed by atoms with Crippen LogP contribution >= 0.6 is 0 Å². The quantitative estimate of drug-likeness (QED) is 0.397. The van der Waals surface area contributed by atoms with Crippen molar-refractivity contribution in [2.24, 2.45) is 11.8 Å². The van der Waals surface area contributed by atoms with Crippen LogP contribution in [0.4, 0.5) is 0 Å². The molecule has 1 heterocycles. The summed E-state index contributed by atoms with van der Waals surface area (Å²) < 4.78 is 0. The molecule has 1 aliphatic heterocycles. The van der Waals surface area contributed by atoms with Crippen molar-refractivity contribution < 1.29 is 24.0 Å². The van der Waals surface area contributed by atoms with Gasteiger partial charge in [0.2, 0.25) is 23.5 Å². The van der Waals surface area contributed by atoms with E-state index in [1.54, 1.807) is 0 Å². The monoisotopic (exact) mass is 405 g/mol. The number of carbonyl (C=O) groups excluding carboxylic acids is 5. The highest BCUT2D eigenvalue weighted by Gasteiger charge is 2.38. The summed E-state index contributed by atoms with van der Waals surface area (Å²) in [6.45, 7) is 0. The summed E-state index contributed by atoms with van der Waals surface area (Å²) >= 11 is 0. The van der Waals surface area contributed by atoms with E-state index in [1.165, 1.54) is 0 Å². The molecule has 0 unspecified atom stereocenters. The molecule has 1 saturated heterocycles. The maximum Gasteiger partial charge on any atom is 0.308 e. The van der Waals surface area contributed by atoms with Gasteiger partial charge in [-0.2, -0.15) is 5.01 Å². The van der Waals surface area contributed by atoms with Crippen molar-refractivity contribution >= 4 is 29.4 Å². The Balaban J connectivity index is 1.69. The molecule has 8 nitrogen and oxygen atoms in total. The first-order valence-corrected chi connectivity index (χ1v) is 11.0. The number of amides is 4. The van der Waals surface area contributed by atoms with E-state index in [1.807, 2.05) is 0 Å². The highest BCUT2D eigenvalue weighted by atomic mass is 16.2. The first-order chi connectivity index (χ1) is 14.0. The van der Waals surface area contributed by atoms with Gasteiger partial charge >= 0.3 is 5.91 Å². The maximum atomic E-state index is 13.0. The van der Waals surface area contributed by atoms with Crippen molar-refractivity contribution in [2.45, 2.75) is 89.5 Å². The molecule has 2 saturated carbocycles. The fraction of sp³-hybridized carbons (Fsp3) is 0.762. The molecule has 0 aromatic rings. The molecule has 2 N–H and O–H groups in total. The van der Waals surface area contributed by atoms with E-state index in [4.69, 9.17) is 0 Å². The molecule has 2 aliphatic carbocycles. The zero-order valence-corrected chi connectivity index (χ0v) is 16.9. The van der Waals surface area contributed by atoms with Gasteiger partial charge in [0.05, 0.1) is 0 Å². The summed E-state index contributed by atoms with van der Waals surface area (Å²) in [4.78, 5) is 61.8. The van der Waals surface area contributed by atoms with Crippen molar-refractivity contribution in [1.29, 1.82) is 0 Å². The highest BCUT2D eigenvalue weighted by molar-refractivity contribution is 6.39. The van der Waals surface area contributed by atoms with Gasteiger partial charge in [0, 0.05) is 18.8 Å². The molecule has 0 radical (unpaired) electrons. The number of imide groups is 1. The molecular formula is C21H31N3O5. The Bertz CT molecular complexity index is 647. The van der Waals surface area contributed by atoms with Crippen molar-refractivity contribution in [1.82, 2.24) is 15.8 Å². The zero-order chi connectivity index (χ0) is 20.8. The SMILES string of the molecule is O=C(NN1C(=O)CCC1=O)C(=O)[C@@H](NC(=O)C1CCCCCC1)C1CCCCC1. The lowest BCUT2D eigenvalue weighted by atomic mass is 9.81. The molecule has 0 aromatic carbocycles. The summed E-state index contributed by atoms with van der Waals surface area (Å²) in [6, 6.07) is -0.904. The third-order valence-corrected chi connectivity index (χ3v) is 6.42. The van der Waals surface area contributed by atoms with Gasteiger partial charge in [0.15, 0.2) is 0 Å². The molecule has 29 heavy (non-hydrogen) atoms. The second kappa shape index (κ2) is 9.98. The van der Waals surface area contributed by atoms with Gasteiger partial charge in [-0.3, -0.25) is 29.4 Å². The smallest absolute Gasteiger partial charge is 0.308 e. The molecule has 0 spiro atoms. The Morgan fingerprint density at radius 3 is 1.90 bits per heavy atom. The van der Waals surface area contributed by atoms with Gasteiger partial charge in [-0.05, 0) is 31.6 Å². The van der Waals surface area contributed by atoms with Gasteiger partial charge in [-0.1, -0.05) is 44.9 Å². The van der Waals surface area contributed by atoms with Gasteiger partial charge in [0.1, 0.15) is 6.04 Å². The van der Waals surface area contributed by atoms with Crippen LogP contribution in [0.5, 0.6) is 0 Å². The van der Waals surface area contributed by atoms with Gasteiger partial charge < -0.3 is 5.32 Å². The van der Waals surface area contributed by atoms with E-state index in [-0.39, 0.29) is 30.6 Å². The van der Waals surface area contributed by atoms with E-state index >= 15 is 0 Å². The van der Waals surface area contributed by atoms with Gasteiger partial charge in [-0.15, -0.1) is 0 Å². The first kappa shape index (κ1) is 21.5. The van der Waals surface area contributed by atoms with E-state index in [0.29, 0.717) is 5.01 Å². The van der Waals surface area contributed by atoms with Crippen LogP contribution in [0.25, 0.3) is 0 Å². The molecule has 0 aromatic heterocycles. The standard InChI is InChI=1S/C21H31N3O5/c25-16-12-13-17(26)24(16)23-21(29)19(27)18(14-8-6-3-7-9-14)22-20(28)15-10-4-1-2-5-11-15/h14-15,18H,1-13H2,(H,22,28)(H,23,29)/t18-/m0/s1. The molecule has 8 heteroatoms. The number of hydrogen-bond donors (Lipinski definition) is 2. The fourth-order valence-corrected chi connectivity index (χ4v) is 4.68. The molecule has 4 amide bonds. The number of hydrogen-bond acceptors (Lipinski definition) is 5. The van der Waals surface area contributed by atoms with Gasteiger partial charge in [0.25, 0.3) is 0 Å². The second-order valence-electron chi connectivity index (χ2n) is 8.50. The molecule has 1 atom stereocenters. The minimum atomic E-state index is -1.01. The number of Topliss-reactive ketones (excluding diaryl/α,β-unsaturated/α-hetero) is 1. The fourth-order valence-electron chi connectivity index (χ4n) is 4.68. The third kappa shape index (κ3) is 5.42. The molecule has 3 aliphatic rings. The number of ketones is 1. The van der Waals surface area contributed by atoms with Crippen LogP contribution in [0.15, 0.2) is 0 Å². The predicted molar refractivity (Wildman–Crippen MR) is 104 cm³/mol. The molecule has 3 fully saturated rings. The Morgan fingerprint density at radius 2 is 1.31 bits per heavy atom. The minimum Gasteiger partial charge on any atom is -0.345 e. The number of nitrogens with zero attached hydrogens (tertiary/aromatic N) is 1. The summed E-state index contributed by atoms with van der Waals surface area (Å²) in [5.74, 6) is -3.20. The molecule has 0 bridgehead atoms. The molecule has 3 rings (SSSR count). The van der Waals surface area contributed by atoms with Crippen LogP contribution in [0, 0.1) is 11.8 Å². The Morgan fingerprint density at radius 1 is 0.793 bits per heavy atom. The lowest BCUT2D eigenvalue weighted by molar-refractivity contribution is -0.152. The topological polar surface area (TPSA) is 113 Å². The normalized spacial score (nSPS) is 22.8. The Hall–Kier alpha value is -2.25. The van der Waals surface area contributed by atoms with Crippen LogP contribution in [0.2, 0.25) is 0 Å². The van der Waals surface area contributed by atoms with Crippen LogP contribution in [-0.4, -0.2) is 40.5 Å². The third-order valence-electron chi connectivity index (χ3n) is 6.42. The maximum absolute atomic E-state index is 13.0. The van der Waals surface area contributed by atoms with E-state index in [2.05, 4.69) is 10.7 Å². The van der Waals surface area contributed by atoms with E-state index < -0.39 is 29.5 Å². The van der Waals surface area contributed by atoms with Gasteiger partial charge in [-0.25, -0.2) is 0 Å². The number of rotatable bonds is 6. The van der Waals surface area contributed by atoms with Crippen LogP contribution in [0.1, 0.15) is 83.5 Å². The largest absolute Gasteiger partial charge is 0.345 e. The van der Waals surface area contributed by atoms with Crippen molar-refractivity contribution in [3.8, 4) is 0 Å².